The Morgan fingerprint density at radius 2 is 1.41 bits per heavy atom. The monoisotopic (exact) mass is 478 g/mol. The van der Waals surface area contributed by atoms with Crippen molar-refractivity contribution in [3.63, 3.8) is 0 Å². The molecule has 0 bridgehead atoms. The molecule has 1 heterocycles. The van der Waals surface area contributed by atoms with Crippen LogP contribution < -0.4 is 4.74 Å². The molecule has 1 aliphatic rings. The molecule has 0 aromatic heterocycles. The van der Waals surface area contributed by atoms with Gasteiger partial charge in [-0.2, -0.15) is 0 Å². The van der Waals surface area contributed by atoms with E-state index in [1.807, 2.05) is 0 Å². The fourth-order valence-corrected chi connectivity index (χ4v) is 3.28. The highest BCUT2D eigenvalue weighted by Crippen LogP contribution is 2.29. The molecule has 0 unspecified atom stereocenters. The Balaban J connectivity index is 2.74. The van der Waals surface area contributed by atoms with Gasteiger partial charge in [0.05, 0.1) is 8.48 Å². The molecular weight excluding hydrogens is 440 g/mol. The SMILES string of the molecule is [2H][C@H](c1ccc(OC)cc1)[C@@]1([2H])C(=O)N(C(=O)OC(C)(C)C)[C@@H](C(C)C)C(=O)N1C(=O)OC(C)(C)C. The molecule has 1 saturated heterocycles. The molecule has 1 aromatic rings. The largest absolute Gasteiger partial charge is 0.497 e. The van der Waals surface area contributed by atoms with E-state index >= 15 is 0 Å². The molecule has 9 nitrogen and oxygen atoms in total. The van der Waals surface area contributed by atoms with E-state index in [-0.39, 0.29) is 5.56 Å². The third-order valence-corrected chi connectivity index (χ3v) is 4.65. The van der Waals surface area contributed by atoms with Crippen molar-refractivity contribution in [2.75, 3.05) is 7.11 Å². The topological polar surface area (TPSA) is 102 Å². The average Bonchev–Trinajstić information content (AvgIpc) is 2.72. The number of methoxy groups -OCH3 is 1. The Bertz CT molecular complexity index is 1010. The number of amides is 4. The quantitative estimate of drug-likeness (QED) is 0.640. The molecule has 1 aromatic carbocycles. The number of benzene rings is 1. The lowest BCUT2D eigenvalue weighted by Crippen LogP contribution is -2.69. The molecule has 188 valence electrons. The van der Waals surface area contributed by atoms with Crippen molar-refractivity contribution in [2.45, 2.75) is 85.0 Å². The molecule has 3 atom stereocenters. The predicted molar refractivity (Wildman–Crippen MR) is 125 cm³/mol. The van der Waals surface area contributed by atoms with Gasteiger partial charge in [-0.05, 0) is 65.2 Å². The number of nitrogens with zero attached hydrogens (tertiary/aromatic N) is 2. The molecular formula is C25H36N2O7. The van der Waals surface area contributed by atoms with Crippen LogP contribution in [0.25, 0.3) is 0 Å². The minimum Gasteiger partial charge on any atom is -0.497 e. The van der Waals surface area contributed by atoms with Crippen LogP contribution in [-0.2, 0) is 25.5 Å². The summed E-state index contributed by atoms with van der Waals surface area (Å²) in [6, 6.07) is 1.64. The second-order valence-electron chi connectivity index (χ2n) is 10.3. The first-order valence-corrected chi connectivity index (χ1v) is 11.0. The zero-order valence-electron chi connectivity index (χ0n) is 23.3. The fourth-order valence-electron chi connectivity index (χ4n) is 3.28. The van der Waals surface area contributed by atoms with E-state index in [2.05, 4.69) is 0 Å². The number of carbonyl (C=O) groups is 4. The van der Waals surface area contributed by atoms with Gasteiger partial charge in [-0.3, -0.25) is 9.59 Å². The van der Waals surface area contributed by atoms with Crippen molar-refractivity contribution < 1.29 is 36.1 Å². The lowest BCUT2D eigenvalue weighted by atomic mass is 9.93. The van der Waals surface area contributed by atoms with Gasteiger partial charge in [0.1, 0.15) is 29.0 Å². The highest BCUT2D eigenvalue weighted by Gasteiger charge is 2.53. The van der Waals surface area contributed by atoms with E-state index < -0.39 is 59.6 Å². The van der Waals surface area contributed by atoms with E-state index in [4.69, 9.17) is 17.0 Å². The van der Waals surface area contributed by atoms with Gasteiger partial charge < -0.3 is 14.2 Å². The second kappa shape index (κ2) is 10.0. The maximum atomic E-state index is 13.9. The van der Waals surface area contributed by atoms with Gasteiger partial charge in [0.2, 0.25) is 0 Å². The zero-order chi connectivity index (χ0) is 27.8. The molecule has 1 aliphatic heterocycles. The van der Waals surface area contributed by atoms with Crippen LogP contribution in [0.4, 0.5) is 9.59 Å². The van der Waals surface area contributed by atoms with E-state index in [0.29, 0.717) is 15.5 Å². The molecule has 2 rings (SSSR count). The predicted octanol–water partition coefficient (Wildman–Crippen LogP) is 4.17. The number of hydrogen-bond donors (Lipinski definition) is 0. The molecule has 0 radical (unpaired) electrons. The van der Waals surface area contributed by atoms with Crippen LogP contribution in [0.15, 0.2) is 24.3 Å². The molecule has 1 fully saturated rings. The summed E-state index contributed by atoms with van der Waals surface area (Å²) in [5.41, 5.74) is -1.92. The van der Waals surface area contributed by atoms with Crippen LogP contribution in [0.3, 0.4) is 0 Å². The smallest absolute Gasteiger partial charge is 0.417 e. The summed E-state index contributed by atoms with van der Waals surface area (Å²) in [5, 5.41) is 0. The van der Waals surface area contributed by atoms with Crippen molar-refractivity contribution in [1.29, 1.82) is 0 Å². The number of piperazine rings is 1. The Morgan fingerprint density at radius 3 is 1.82 bits per heavy atom. The summed E-state index contributed by atoms with van der Waals surface area (Å²) in [6.07, 6.45) is -4.18. The lowest BCUT2D eigenvalue weighted by molar-refractivity contribution is -0.161. The maximum absolute atomic E-state index is 13.9. The minimum absolute atomic E-state index is 0.146. The molecule has 9 heteroatoms. The van der Waals surface area contributed by atoms with Gasteiger partial charge in [0, 0.05) is 7.77 Å². The van der Waals surface area contributed by atoms with Gasteiger partial charge in [0.15, 0.2) is 0 Å². The molecule has 0 N–H and O–H groups in total. The summed E-state index contributed by atoms with van der Waals surface area (Å²) in [7, 11) is 1.46. The van der Waals surface area contributed by atoms with Crippen LogP contribution in [0, 0.1) is 5.92 Å². The summed E-state index contributed by atoms with van der Waals surface area (Å²) in [6.45, 7) is 12.7. The van der Waals surface area contributed by atoms with Crippen LogP contribution in [-0.4, -0.2) is 64.2 Å². The number of rotatable bonds is 4. The lowest BCUT2D eigenvalue weighted by Gasteiger charge is -2.44. The Labute approximate surface area is 204 Å². The number of imide groups is 2. The molecule has 4 amide bonds. The third-order valence-electron chi connectivity index (χ3n) is 4.65. The van der Waals surface area contributed by atoms with E-state index in [1.54, 1.807) is 55.4 Å². The van der Waals surface area contributed by atoms with Gasteiger partial charge in [-0.25, -0.2) is 19.4 Å². The molecule has 0 saturated carbocycles. The average molecular weight is 479 g/mol. The third kappa shape index (κ3) is 6.48. The summed E-state index contributed by atoms with van der Waals surface area (Å²) in [4.78, 5) is 55.1. The zero-order valence-corrected chi connectivity index (χ0v) is 21.3. The molecule has 34 heavy (non-hydrogen) atoms. The van der Waals surface area contributed by atoms with Crippen LogP contribution >= 0.6 is 0 Å². The summed E-state index contributed by atoms with van der Waals surface area (Å²) >= 11 is 0. The van der Waals surface area contributed by atoms with Crippen LogP contribution in [0.5, 0.6) is 5.75 Å². The standard InChI is InChI=1S/C25H36N2O7/c1-15(2)19-21(29)26(22(30)33-24(3,4)5)18(14-16-10-12-17(32-9)13-11-16)20(28)27(19)23(31)34-25(6,7)8/h10-13,15,18-19H,14H2,1-9H3/t18-,19-/m0/s1/i14D,18D/t14-,18+,19+/m1. The fraction of sp³-hybridized carbons (Fsp3) is 0.600. The summed E-state index contributed by atoms with van der Waals surface area (Å²) in [5.74, 6) is -2.41. The highest BCUT2D eigenvalue weighted by atomic mass is 16.6. The van der Waals surface area contributed by atoms with Crippen molar-refractivity contribution in [2.24, 2.45) is 5.92 Å². The Kier molecular flexibility index (Phi) is 7.09. The van der Waals surface area contributed by atoms with E-state index in [9.17, 15) is 19.2 Å². The van der Waals surface area contributed by atoms with Crippen molar-refractivity contribution in [1.82, 2.24) is 9.80 Å². The van der Waals surface area contributed by atoms with Crippen LogP contribution in [0.2, 0.25) is 0 Å². The van der Waals surface area contributed by atoms with Crippen molar-refractivity contribution >= 4 is 24.0 Å². The first kappa shape index (κ1) is 24.0. The first-order chi connectivity index (χ1) is 16.3. The highest BCUT2D eigenvalue weighted by molar-refractivity contribution is 6.10. The second-order valence-corrected chi connectivity index (χ2v) is 10.3. The maximum Gasteiger partial charge on any atom is 0.417 e. The van der Waals surface area contributed by atoms with Gasteiger partial charge in [0.25, 0.3) is 11.8 Å². The first-order valence-electron chi connectivity index (χ1n) is 12.1. The van der Waals surface area contributed by atoms with Crippen LogP contribution in [0.1, 0.15) is 63.7 Å². The van der Waals surface area contributed by atoms with Gasteiger partial charge in [-0.15, -0.1) is 0 Å². The van der Waals surface area contributed by atoms with E-state index in [0.717, 1.165) is 0 Å². The van der Waals surface area contributed by atoms with E-state index in [1.165, 1.54) is 31.4 Å². The number of carbonyl (C=O) groups excluding carboxylic acids is 4. The Hall–Kier alpha value is -3.10. The number of hydrogen-bond acceptors (Lipinski definition) is 7. The van der Waals surface area contributed by atoms with Crippen molar-refractivity contribution in [3.8, 4) is 5.75 Å². The van der Waals surface area contributed by atoms with Crippen molar-refractivity contribution in [3.05, 3.63) is 29.8 Å². The Morgan fingerprint density at radius 1 is 0.941 bits per heavy atom. The van der Waals surface area contributed by atoms with Gasteiger partial charge >= 0.3 is 12.2 Å². The normalized spacial score (nSPS) is 23.3. The minimum atomic E-state index is -2.86. The molecule has 0 spiro atoms. The molecule has 0 aliphatic carbocycles. The summed E-state index contributed by atoms with van der Waals surface area (Å²) < 4.78 is 33.9. The van der Waals surface area contributed by atoms with Gasteiger partial charge in [-0.1, -0.05) is 26.0 Å². The number of ether oxygens (including phenoxy) is 3.